The van der Waals surface area contributed by atoms with E-state index in [1.165, 1.54) is 24.3 Å². The highest BCUT2D eigenvalue weighted by molar-refractivity contribution is 5.89. The Balaban J connectivity index is 1.45. The summed E-state index contributed by atoms with van der Waals surface area (Å²) in [6.07, 6.45) is -3.95. The Kier molecular flexibility index (Phi) is 8.11. The van der Waals surface area contributed by atoms with Gasteiger partial charge in [0.15, 0.2) is 6.29 Å². The van der Waals surface area contributed by atoms with Crippen molar-refractivity contribution in [3.8, 4) is 0 Å². The van der Waals surface area contributed by atoms with Crippen LogP contribution in [-0.4, -0.2) is 101 Å². The highest BCUT2D eigenvalue weighted by Gasteiger charge is 2.48. The molecule has 1 unspecified atom stereocenters. The number of benzene rings is 1. The number of nitrogens with zero attached hydrogens (tertiary/aromatic N) is 1. The van der Waals surface area contributed by atoms with E-state index in [0.717, 1.165) is 24.2 Å². The lowest BCUT2D eigenvalue weighted by molar-refractivity contribution is -0.339. The van der Waals surface area contributed by atoms with Crippen molar-refractivity contribution in [2.75, 3.05) is 27.3 Å². The smallest absolute Gasteiger partial charge is 0.337 e. The molecule has 1 saturated heterocycles. The van der Waals surface area contributed by atoms with Gasteiger partial charge in [-0.2, -0.15) is 0 Å². The first kappa shape index (κ1) is 27.8. The minimum absolute atomic E-state index is 0.0623. The van der Waals surface area contributed by atoms with Gasteiger partial charge in [0, 0.05) is 35.0 Å². The molecule has 2 aromatic rings. The summed E-state index contributed by atoms with van der Waals surface area (Å²) in [5, 5.41) is 41.6. The number of hydrogen-bond donors (Lipinski definition) is 5. The van der Waals surface area contributed by atoms with Gasteiger partial charge in [-0.15, -0.1) is 6.58 Å². The van der Waals surface area contributed by atoms with Crippen LogP contribution in [0.5, 0.6) is 0 Å². The minimum atomic E-state index is -1.60. The zero-order valence-electron chi connectivity index (χ0n) is 22.0. The number of aromatic amines is 1. The number of ether oxygens (including phenoxy) is 4. The summed E-state index contributed by atoms with van der Waals surface area (Å²) in [6, 6.07) is 8.12. The topological polar surface area (TPSA) is 154 Å². The fourth-order valence-electron chi connectivity index (χ4n) is 6.00. The van der Waals surface area contributed by atoms with E-state index in [0.29, 0.717) is 12.0 Å². The Hall–Kier alpha value is -2.77. The van der Waals surface area contributed by atoms with Crippen LogP contribution in [0.15, 0.2) is 48.8 Å². The lowest BCUT2D eigenvalue weighted by Crippen LogP contribution is -2.60. The van der Waals surface area contributed by atoms with Gasteiger partial charge in [-0.1, -0.05) is 24.3 Å². The van der Waals surface area contributed by atoms with Crippen molar-refractivity contribution < 1.29 is 44.2 Å². The van der Waals surface area contributed by atoms with Gasteiger partial charge in [0.1, 0.15) is 24.4 Å². The average Bonchev–Trinajstić information content (AvgIpc) is 3.33. The first-order valence-electron chi connectivity index (χ1n) is 13.1. The Morgan fingerprint density at radius 2 is 1.97 bits per heavy atom. The number of para-hydroxylation sites is 1. The molecule has 0 bridgehead atoms. The third-order valence-corrected chi connectivity index (χ3v) is 8.22. The van der Waals surface area contributed by atoms with Gasteiger partial charge in [0.25, 0.3) is 0 Å². The van der Waals surface area contributed by atoms with E-state index >= 15 is 0 Å². The number of rotatable bonds is 7. The molecular formula is C28H36N2O9. The van der Waals surface area contributed by atoms with Gasteiger partial charge in [0.05, 0.1) is 31.6 Å². The van der Waals surface area contributed by atoms with Crippen LogP contribution in [0.4, 0.5) is 0 Å². The summed E-state index contributed by atoms with van der Waals surface area (Å²) >= 11 is 0. The lowest BCUT2D eigenvalue weighted by atomic mass is 9.78. The predicted molar refractivity (Wildman–Crippen MR) is 139 cm³/mol. The molecule has 11 heteroatoms. The van der Waals surface area contributed by atoms with E-state index in [9.17, 15) is 25.2 Å². The van der Waals surface area contributed by atoms with Crippen molar-refractivity contribution >= 4 is 16.9 Å². The number of methoxy groups -OCH3 is 1. The van der Waals surface area contributed by atoms with Crippen molar-refractivity contribution in [1.82, 2.24) is 9.88 Å². The maximum atomic E-state index is 12.8. The fourth-order valence-corrected chi connectivity index (χ4v) is 6.00. The molecule has 5 rings (SSSR count). The van der Waals surface area contributed by atoms with Crippen molar-refractivity contribution in [2.45, 2.75) is 55.9 Å². The number of carbonyl (C=O) groups is 1. The summed E-state index contributed by atoms with van der Waals surface area (Å²) in [6.45, 7) is 4.22. The van der Waals surface area contributed by atoms with Crippen LogP contribution in [0.25, 0.3) is 10.9 Å². The van der Waals surface area contributed by atoms with Crippen LogP contribution in [-0.2, 0) is 30.2 Å². The molecule has 0 spiro atoms. The molecule has 0 radical (unpaired) electrons. The Labute approximate surface area is 226 Å². The number of H-pyrrole nitrogens is 1. The van der Waals surface area contributed by atoms with Gasteiger partial charge in [-0.3, -0.25) is 4.90 Å². The SMILES string of the molecule is C=C[C@H]1[C@H](O[C@@H]2O[C@H](CO)[C@@H](O)[C@H](O)[C@H]2O)OC=C(C(=O)OC)[C@H]1CC1c2[nH]c3ccccc3c2CCN1C. The van der Waals surface area contributed by atoms with Crippen LogP contribution in [0.3, 0.4) is 0 Å². The maximum absolute atomic E-state index is 12.8. The van der Waals surface area contributed by atoms with E-state index in [1.54, 1.807) is 6.08 Å². The normalized spacial score (nSPS) is 35.1. The fraction of sp³-hybridized carbons (Fsp3) is 0.536. The molecule has 5 N–H and O–H groups in total. The Bertz CT molecular complexity index is 1230. The molecule has 9 atom stereocenters. The summed E-state index contributed by atoms with van der Waals surface area (Å²) in [7, 11) is 3.35. The number of aliphatic hydroxyl groups is 4. The molecule has 1 aromatic heterocycles. The second kappa shape index (κ2) is 11.4. The third-order valence-electron chi connectivity index (χ3n) is 8.22. The first-order valence-corrected chi connectivity index (χ1v) is 13.1. The summed E-state index contributed by atoms with van der Waals surface area (Å²) in [5.41, 5.74) is 3.73. The van der Waals surface area contributed by atoms with Gasteiger partial charge in [-0.25, -0.2) is 4.79 Å². The second-order valence-electron chi connectivity index (χ2n) is 10.4. The monoisotopic (exact) mass is 544 g/mol. The van der Waals surface area contributed by atoms with E-state index < -0.39 is 61.4 Å². The van der Waals surface area contributed by atoms with E-state index in [-0.39, 0.29) is 6.04 Å². The average molecular weight is 545 g/mol. The molecule has 11 nitrogen and oxygen atoms in total. The van der Waals surface area contributed by atoms with Gasteiger partial charge in [0.2, 0.25) is 6.29 Å². The molecule has 0 saturated carbocycles. The number of esters is 1. The number of carbonyl (C=O) groups excluding carboxylic acids is 1. The Morgan fingerprint density at radius 1 is 1.21 bits per heavy atom. The minimum Gasteiger partial charge on any atom is -0.471 e. The number of fused-ring (bicyclic) bond motifs is 3. The molecule has 4 heterocycles. The highest BCUT2D eigenvalue weighted by Crippen LogP contribution is 2.44. The van der Waals surface area contributed by atoms with E-state index in [1.807, 2.05) is 19.2 Å². The van der Waals surface area contributed by atoms with Crippen LogP contribution >= 0.6 is 0 Å². The van der Waals surface area contributed by atoms with Crippen LogP contribution in [0.1, 0.15) is 23.7 Å². The number of likely N-dealkylation sites (N-methyl/N-ethyl adjacent to an activating group) is 1. The largest absolute Gasteiger partial charge is 0.471 e. The van der Waals surface area contributed by atoms with Gasteiger partial charge < -0.3 is 44.4 Å². The molecule has 3 aliphatic heterocycles. The van der Waals surface area contributed by atoms with Gasteiger partial charge >= 0.3 is 5.97 Å². The molecule has 1 aromatic carbocycles. The third kappa shape index (κ3) is 5.00. The van der Waals surface area contributed by atoms with Gasteiger partial charge in [-0.05, 0) is 31.5 Å². The van der Waals surface area contributed by atoms with Crippen LogP contribution < -0.4 is 0 Å². The quantitative estimate of drug-likeness (QED) is 0.249. The van der Waals surface area contributed by atoms with E-state index in [4.69, 9.17) is 18.9 Å². The molecule has 212 valence electrons. The standard InChI is InChI=1S/C28H36N2O9/c1-4-14-17(11-20-22-16(9-10-30(20)2)15-7-5-6-8-19(15)29-22)18(26(35)36-3)13-37-27(14)39-28-25(34)24(33)23(32)21(12-31)38-28/h4-8,13-14,17,20-21,23-25,27-29,31-34H,1,9-12H2,2-3H3/t14-,17+,20?,21-,23-,24+,25-,27+,28+/m1/s1. The summed E-state index contributed by atoms with van der Waals surface area (Å²) in [5.74, 6) is -1.54. The predicted octanol–water partition coefficient (Wildman–Crippen LogP) is 0.735. The Morgan fingerprint density at radius 3 is 2.69 bits per heavy atom. The molecule has 3 aliphatic rings. The molecular weight excluding hydrogens is 508 g/mol. The van der Waals surface area contributed by atoms with Crippen molar-refractivity contribution in [2.24, 2.45) is 11.8 Å². The number of nitrogens with one attached hydrogen (secondary N) is 1. The van der Waals surface area contributed by atoms with Crippen molar-refractivity contribution in [3.63, 3.8) is 0 Å². The van der Waals surface area contributed by atoms with Crippen LogP contribution in [0, 0.1) is 11.8 Å². The molecule has 39 heavy (non-hydrogen) atoms. The van der Waals surface area contributed by atoms with Crippen molar-refractivity contribution in [3.05, 3.63) is 60.0 Å². The first-order chi connectivity index (χ1) is 18.8. The molecule has 1 fully saturated rings. The highest BCUT2D eigenvalue weighted by atomic mass is 16.8. The maximum Gasteiger partial charge on any atom is 0.337 e. The van der Waals surface area contributed by atoms with Crippen LogP contribution in [0.2, 0.25) is 0 Å². The summed E-state index contributed by atoms with van der Waals surface area (Å²) in [4.78, 5) is 18.7. The number of hydrogen-bond acceptors (Lipinski definition) is 10. The second-order valence-corrected chi connectivity index (χ2v) is 10.4. The van der Waals surface area contributed by atoms with Crippen molar-refractivity contribution in [1.29, 1.82) is 0 Å². The zero-order valence-corrected chi connectivity index (χ0v) is 22.0. The lowest BCUT2D eigenvalue weighted by Gasteiger charge is -2.44. The zero-order chi connectivity index (χ0) is 27.8. The molecule has 0 amide bonds. The number of aliphatic hydroxyl groups excluding tert-OH is 4. The molecule has 0 aliphatic carbocycles. The van der Waals surface area contributed by atoms with E-state index in [2.05, 4.69) is 28.6 Å². The summed E-state index contributed by atoms with van der Waals surface area (Å²) < 4.78 is 22.3. The number of aromatic nitrogens is 1.